The first kappa shape index (κ1) is 24.4. The maximum absolute atomic E-state index is 12.4. The highest BCUT2D eigenvalue weighted by Crippen LogP contribution is 2.36. The van der Waals surface area contributed by atoms with E-state index in [4.69, 9.17) is 9.47 Å². The molecule has 0 bridgehead atoms. The molecular formula is C22H30O7. The van der Waals surface area contributed by atoms with Crippen LogP contribution in [-0.4, -0.2) is 41.3 Å². The fraction of sp³-hybridized carbons (Fsp3) is 0.500. The Labute approximate surface area is 171 Å². The van der Waals surface area contributed by atoms with Crippen LogP contribution < -0.4 is 4.74 Å². The van der Waals surface area contributed by atoms with Gasteiger partial charge in [-0.15, -0.1) is 0 Å². The second kappa shape index (κ2) is 12.0. The minimum atomic E-state index is -2.00. The number of ether oxygens (including phenoxy) is 2. The zero-order valence-electron chi connectivity index (χ0n) is 17.1. The van der Waals surface area contributed by atoms with E-state index in [9.17, 15) is 24.6 Å². The number of benzene rings is 1. The average molecular weight is 406 g/mol. The topological polar surface area (TPSA) is 110 Å². The summed E-state index contributed by atoms with van der Waals surface area (Å²) in [5.41, 5.74) is -1.71. The second-order valence-electron chi connectivity index (χ2n) is 7.06. The number of aliphatic carboxylic acids is 2. The summed E-state index contributed by atoms with van der Waals surface area (Å²) in [7, 11) is 0. The van der Waals surface area contributed by atoms with Gasteiger partial charge < -0.3 is 19.7 Å². The van der Waals surface area contributed by atoms with Gasteiger partial charge in [-0.05, 0) is 37.5 Å². The summed E-state index contributed by atoms with van der Waals surface area (Å²) < 4.78 is 10.7. The molecule has 1 aromatic carbocycles. The van der Waals surface area contributed by atoms with Crippen molar-refractivity contribution in [3.05, 3.63) is 42.0 Å². The molecule has 2 N–H and O–H groups in total. The third kappa shape index (κ3) is 7.69. The lowest BCUT2D eigenvalue weighted by molar-refractivity contribution is -0.155. The Balaban J connectivity index is 2.86. The maximum Gasteiger partial charge on any atom is 0.332 e. The summed E-state index contributed by atoms with van der Waals surface area (Å²) in [6.45, 7) is 7.78. The van der Waals surface area contributed by atoms with E-state index in [0.29, 0.717) is 6.61 Å². The predicted molar refractivity (Wildman–Crippen MR) is 108 cm³/mol. The molecule has 1 unspecified atom stereocenters. The van der Waals surface area contributed by atoms with E-state index < -0.39 is 35.3 Å². The Morgan fingerprint density at radius 2 is 1.83 bits per heavy atom. The van der Waals surface area contributed by atoms with Gasteiger partial charge >= 0.3 is 17.9 Å². The first-order chi connectivity index (χ1) is 13.7. The Bertz CT molecular complexity index is 726. The largest absolute Gasteiger partial charge is 0.481 e. The number of esters is 1. The molecule has 160 valence electrons. The van der Waals surface area contributed by atoms with Crippen LogP contribution in [0.5, 0.6) is 5.75 Å². The van der Waals surface area contributed by atoms with Crippen LogP contribution in [0.2, 0.25) is 0 Å². The maximum atomic E-state index is 12.4. The van der Waals surface area contributed by atoms with Gasteiger partial charge in [0.2, 0.25) is 0 Å². The molecule has 0 fully saturated rings. The highest BCUT2D eigenvalue weighted by Gasteiger charge is 2.46. The lowest BCUT2D eigenvalue weighted by atomic mass is 9.75. The van der Waals surface area contributed by atoms with Crippen molar-refractivity contribution in [2.75, 3.05) is 13.2 Å². The quantitative estimate of drug-likeness (QED) is 0.208. The number of hydrogen-bond donors (Lipinski definition) is 2. The van der Waals surface area contributed by atoms with Crippen molar-refractivity contribution in [1.82, 2.24) is 0 Å². The van der Waals surface area contributed by atoms with Crippen LogP contribution in [0, 0.1) is 12.3 Å². The fourth-order valence-electron chi connectivity index (χ4n) is 2.93. The molecule has 7 heteroatoms. The molecule has 0 heterocycles. The van der Waals surface area contributed by atoms with Gasteiger partial charge in [-0.2, -0.15) is 0 Å². The van der Waals surface area contributed by atoms with Crippen LogP contribution in [0.3, 0.4) is 0 Å². The molecule has 0 aliphatic rings. The number of aryl methyl sites for hydroxylation is 1. The van der Waals surface area contributed by atoms with Gasteiger partial charge in [-0.3, -0.25) is 9.59 Å². The van der Waals surface area contributed by atoms with Crippen molar-refractivity contribution in [2.45, 2.75) is 52.4 Å². The predicted octanol–water partition coefficient (Wildman–Crippen LogP) is 3.99. The van der Waals surface area contributed by atoms with E-state index in [1.807, 2.05) is 13.0 Å². The van der Waals surface area contributed by atoms with Crippen LogP contribution in [-0.2, 0) is 19.1 Å². The molecule has 0 amide bonds. The van der Waals surface area contributed by atoms with Crippen LogP contribution in [0.25, 0.3) is 0 Å². The Morgan fingerprint density at radius 1 is 1.10 bits per heavy atom. The van der Waals surface area contributed by atoms with Crippen molar-refractivity contribution < 1.29 is 34.1 Å². The smallest absolute Gasteiger partial charge is 0.332 e. The van der Waals surface area contributed by atoms with E-state index in [1.54, 1.807) is 18.2 Å². The van der Waals surface area contributed by atoms with Gasteiger partial charge in [-0.25, -0.2) is 4.79 Å². The van der Waals surface area contributed by atoms with E-state index in [2.05, 4.69) is 13.5 Å². The number of carboxylic acids is 2. The molecule has 1 rings (SSSR count). The number of carboxylic acid groups (broad SMARTS) is 2. The van der Waals surface area contributed by atoms with Crippen molar-refractivity contribution >= 4 is 17.9 Å². The Morgan fingerprint density at radius 3 is 2.41 bits per heavy atom. The summed E-state index contributed by atoms with van der Waals surface area (Å²) in [4.78, 5) is 35.9. The Hall–Kier alpha value is -2.67. The van der Waals surface area contributed by atoms with Gasteiger partial charge in [0.05, 0.1) is 6.42 Å². The molecule has 0 radical (unpaired) electrons. The summed E-state index contributed by atoms with van der Waals surface area (Å²) in [6.07, 6.45) is 3.17. The molecule has 29 heavy (non-hydrogen) atoms. The SMILES string of the molecule is C=C(C(=O)O)C(CCOCCCCCC)(CC(=O)Oc1cccc(C)c1)C(=O)O. The van der Waals surface area contributed by atoms with Crippen LogP contribution >= 0.6 is 0 Å². The monoisotopic (exact) mass is 406 g/mol. The highest BCUT2D eigenvalue weighted by molar-refractivity contribution is 5.98. The fourth-order valence-corrected chi connectivity index (χ4v) is 2.93. The van der Waals surface area contributed by atoms with Crippen molar-refractivity contribution in [3.8, 4) is 5.75 Å². The van der Waals surface area contributed by atoms with E-state index in [0.717, 1.165) is 31.2 Å². The van der Waals surface area contributed by atoms with Gasteiger partial charge in [-0.1, -0.05) is 44.9 Å². The van der Waals surface area contributed by atoms with Gasteiger partial charge in [0, 0.05) is 18.8 Å². The van der Waals surface area contributed by atoms with Crippen LogP contribution in [0.1, 0.15) is 51.0 Å². The van der Waals surface area contributed by atoms with Gasteiger partial charge in [0.15, 0.2) is 0 Å². The lowest BCUT2D eigenvalue weighted by Crippen LogP contribution is -2.40. The lowest BCUT2D eigenvalue weighted by Gasteiger charge is -2.28. The molecule has 7 nitrogen and oxygen atoms in total. The second-order valence-corrected chi connectivity index (χ2v) is 7.06. The molecule has 1 atom stereocenters. The number of carbonyl (C=O) groups is 3. The molecule has 0 aliphatic heterocycles. The Kier molecular flexibility index (Phi) is 10.1. The first-order valence-electron chi connectivity index (χ1n) is 9.74. The van der Waals surface area contributed by atoms with E-state index >= 15 is 0 Å². The third-order valence-corrected chi connectivity index (χ3v) is 4.73. The van der Waals surface area contributed by atoms with Crippen LogP contribution in [0.15, 0.2) is 36.4 Å². The summed E-state index contributed by atoms with van der Waals surface area (Å²) in [5, 5.41) is 19.1. The van der Waals surface area contributed by atoms with Crippen LogP contribution in [0.4, 0.5) is 0 Å². The summed E-state index contributed by atoms with van der Waals surface area (Å²) in [6, 6.07) is 6.72. The molecular weight excluding hydrogens is 376 g/mol. The van der Waals surface area contributed by atoms with E-state index in [-0.39, 0.29) is 18.8 Å². The van der Waals surface area contributed by atoms with Gasteiger partial charge in [0.25, 0.3) is 0 Å². The number of unbranched alkanes of at least 4 members (excludes halogenated alkanes) is 3. The minimum Gasteiger partial charge on any atom is -0.481 e. The molecule has 0 saturated heterocycles. The standard InChI is InChI=1S/C22H30O7/c1-4-5-6-7-12-28-13-11-22(21(26)27,17(3)20(24)25)15-19(23)29-18-10-8-9-16(2)14-18/h8-10,14H,3-7,11-13,15H2,1-2H3,(H,24,25)(H,26,27). The molecule has 0 saturated carbocycles. The number of rotatable bonds is 14. The number of hydrogen-bond acceptors (Lipinski definition) is 5. The van der Waals surface area contributed by atoms with E-state index in [1.165, 1.54) is 0 Å². The van der Waals surface area contributed by atoms with Gasteiger partial charge in [0.1, 0.15) is 11.2 Å². The zero-order valence-corrected chi connectivity index (χ0v) is 17.1. The molecule has 0 aliphatic carbocycles. The number of carbonyl (C=O) groups excluding carboxylic acids is 1. The molecule has 0 spiro atoms. The average Bonchev–Trinajstić information content (AvgIpc) is 2.65. The molecule has 0 aromatic heterocycles. The summed E-state index contributed by atoms with van der Waals surface area (Å²) >= 11 is 0. The first-order valence-corrected chi connectivity index (χ1v) is 9.74. The van der Waals surface area contributed by atoms with Crippen molar-refractivity contribution in [1.29, 1.82) is 0 Å². The third-order valence-electron chi connectivity index (χ3n) is 4.73. The summed E-state index contributed by atoms with van der Waals surface area (Å²) in [5.74, 6) is -3.50. The highest BCUT2D eigenvalue weighted by atomic mass is 16.5. The normalized spacial score (nSPS) is 12.8. The minimum absolute atomic E-state index is 0.00243. The zero-order chi connectivity index (χ0) is 21.9. The van der Waals surface area contributed by atoms with Crippen molar-refractivity contribution in [3.63, 3.8) is 0 Å². The molecule has 1 aromatic rings. The van der Waals surface area contributed by atoms with Crippen molar-refractivity contribution in [2.24, 2.45) is 5.41 Å².